The van der Waals surface area contributed by atoms with Gasteiger partial charge in [0.1, 0.15) is 0 Å². The second kappa shape index (κ2) is 3.60. The number of nitrogens with zero attached hydrogens (tertiary/aromatic N) is 1. The summed E-state index contributed by atoms with van der Waals surface area (Å²) in [6.45, 7) is 0.816. The van der Waals surface area contributed by atoms with Gasteiger partial charge in [0, 0.05) is 26.6 Å². The average Bonchev–Trinajstić information content (AvgIpc) is 2.27. The number of likely N-dealkylation sites (tertiary alicyclic amines) is 1. The van der Waals surface area contributed by atoms with Gasteiger partial charge in [0.2, 0.25) is 5.91 Å². The third-order valence-electron chi connectivity index (χ3n) is 1.99. The third kappa shape index (κ3) is 3.29. The number of carbonyl (C=O) groups is 1. The highest BCUT2D eigenvalue weighted by Crippen LogP contribution is 2.14. The van der Waals surface area contributed by atoms with Crippen molar-refractivity contribution in [3.63, 3.8) is 0 Å². The Morgan fingerprint density at radius 2 is 2.31 bits per heavy atom. The van der Waals surface area contributed by atoms with E-state index in [2.05, 4.69) is 4.72 Å². The minimum Gasteiger partial charge on any atom is -0.345 e. The Bertz CT molecular complexity index is 300. The van der Waals surface area contributed by atoms with Crippen molar-refractivity contribution in [2.24, 2.45) is 11.1 Å². The Balaban J connectivity index is 2.37. The first-order valence-corrected chi connectivity index (χ1v) is 5.44. The lowest BCUT2D eigenvalue weighted by Crippen LogP contribution is -2.35. The van der Waals surface area contributed by atoms with E-state index >= 15 is 0 Å². The fraction of sp³-hybridized carbons (Fsp3) is 0.833. The van der Waals surface area contributed by atoms with Crippen LogP contribution in [0.2, 0.25) is 0 Å². The number of rotatable bonds is 3. The number of hydrogen-bond donors (Lipinski definition) is 2. The van der Waals surface area contributed by atoms with Crippen LogP contribution < -0.4 is 9.86 Å². The molecule has 1 saturated heterocycles. The van der Waals surface area contributed by atoms with Crippen LogP contribution in [0.3, 0.4) is 0 Å². The van der Waals surface area contributed by atoms with Crippen LogP contribution in [0.5, 0.6) is 0 Å². The molecule has 7 heteroatoms. The van der Waals surface area contributed by atoms with Crippen LogP contribution in [0, 0.1) is 5.92 Å². The number of carbonyl (C=O) groups excluding carboxylic acids is 1. The molecule has 76 valence electrons. The SMILES string of the molecule is CN1CC(CNS(N)(=O)=O)CC1=O. The van der Waals surface area contributed by atoms with Crippen LogP contribution in [0.4, 0.5) is 0 Å². The standard InChI is InChI=1S/C6H13N3O3S/c1-9-4-5(2-6(9)10)3-8-13(7,11)12/h5,8H,2-4H2,1H3,(H2,7,11,12). The zero-order chi connectivity index (χ0) is 10.1. The highest BCUT2D eigenvalue weighted by Gasteiger charge is 2.26. The van der Waals surface area contributed by atoms with Gasteiger partial charge in [0.25, 0.3) is 10.2 Å². The number of nitrogens with two attached hydrogens (primary N) is 1. The molecule has 1 unspecified atom stereocenters. The van der Waals surface area contributed by atoms with Crippen LogP contribution in [0.25, 0.3) is 0 Å². The van der Waals surface area contributed by atoms with E-state index in [1.165, 1.54) is 0 Å². The van der Waals surface area contributed by atoms with Crippen molar-refractivity contribution < 1.29 is 13.2 Å². The lowest BCUT2D eigenvalue weighted by atomic mass is 10.1. The van der Waals surface area contributed by atoms with Crippen molar-refractivity contribution in [3.8, 4) is 0 Å². The van der Waals surface area contributed by atoms with E-state index in [1.54, 1.807) is 11.9 Å². The normalized spacial score (nSPS) is 24.0. The van der Waals surface area contributed by atoms with E-state index in [4.69, 9.17) is 5.14 Å². The molecule has 1 heterocycles. The molecule has 13 heavy (non-hydrogen) atoms. The summed E-state index contributed by atoms with van der Waals surface area (Å²) in [5, 5.41) is 4.75. The quantitative estimate of drug-likeness (QED) is 0.575. The van der Waals surface area contributed by atoms with Crippen molar-refractivity contribution in [2.75, 3.05) is 20.1 Å². The lowest BCUT2D eigenvalue weighted by Gasteiger charge is -2.09. The summed E-state index contributed by atoms with van der Waals surface area (Å²) < 4.78 is 23.2. The van der Waals surface area contributed by atoms with Gasteiger partial charge in [-0.2, -0.15) is 8.42 Å². The van der Waals surface area contributed by atoms with Gasteiger partial charge in [0.15, 0.2) is 0 Å². The molecule has 1 atom stereocenters. The van der Waals surface area contributed by atoms with E-state index in [1.807, 2.05) is 0 Å². The predicted molar refractivity (Wildman–Crippen MR) is 46.9 cm³/mol. The Morgan fingerprint density at radius 1 is 1.69 bits per heavy atom. The largest absolute Gasteiger partial charge is 0.345 e. The Morgan fingerprint density at radius 3 is 2.69 bits per heavy atom. The lowest BCUT2D eigenvalue weighted by molar-refractivity contribution is -0.126. The van der Waals surface area contributed by atoms with Crippen molar-refractivity contribution in [1.82, 2.24) is 9.62 Å². The summed E-state index contributed by atoms with van der Waals surface area (Å²) in [7, 11) is -1.93. The van der Waals surface area contributed by atoms with Gasteiger partial charge in [-0.1, -0.05) is 0 Å². The minimum atomic E-state index is -3.63. The molecule has 1 amide bonds. The summed E-state index contributed by atoms with van der Waals surface area (Å²) in [5.74, 6) is 0.0806. The molecular formula is C6H13N3O3S. The van der Waals surface area contributed by atoms with E-state index < -0.39 is 10.2 Å². The van der Waals surface area contributed by atoms with Gasteiger partial charge >= 0.3 is 0 Å². The average molecular weight is 207 g/mol. The van der Waals surface area contributed by atoms with E-state index in [0.717, 1.165) is 0 Å². The molecule has 0 aliphatic carbocycles. The maximum Gasteiger partial charge on any atom is 0.274 e. The summed E-state index contributed by atoms with van der Waals surface area (Å²) in [6, 6.07) is 0. The molecule has 0 spiro atoms. The zero-order valence-corrected chi connectivity index (χ0v) is 8.17. The molecular weight excluding hydrogens is 194 g/mol. The Kier molecular flexibility index (Phi) is 2.89. The fourth-order valence-electron chi connectivity index (χ4n) is 1.33. The second-order valence-corrected chi connectivity index (χ2v) is 4.62. The highest BCUT2D eigenvalue weighted by atomic mass is 32.2. The zero-order valence-electron chi connectivity index (χ0n) is 7.36. The number of amides is 1. The van der Waals surface area contributed by atoms with Gasteiger partial charge < -0.3 is 4.90 Å². The van der Waals surface area contributed by atoms with Gasteiger partial charge in [0.05, 0.1) is 0 Å². The molecule has 0 radical (unpaired) electrons. The number of nitrogens with one attached hydrogen (secondary N) is 1. The monoisotopic (exact) mass is 207 g/mol. The van der Waals surface area contributed by atoms with Crippen molar-refractivity contribution in [3.05, 3.63) is 0 Å². The summed E-state index contributed by atoms with van der Waals surface area (Å²) >= 11 is 0. The molecule has 0 aromatic carbocycles. The smallest absolute Gasteiger partial charge is 0.274 e. The third-order valence-corrected chi connectivity index (χ3v) is 2.56. The van der Waals surface area contributed by atoms with Gasteiger partial charge in [-0.15, -0.1) is 0 Å². The molecule has 1 aliphatic heterocycles. The van der Waals surface area contributed by atoms with Crippen LogP contribution in [-0.2, 0) is 15.0 Å². The molecule has 0 aromatic rings. The topological polar surface area (TPSA) is 92.5 Å². The summed E-state index contributed by atoms with van der Waals surface area (Å²) in [6.07, 6.45) is 0.388. The molecule has 1 rings (SSSR count). The fourth-order valence-corrected chi connectivity index (χ4v) is 1.80. The molecule has 1 aliphatic rings. The highest BCUT2D eigenvalue weighted by molar-refractivity contribution is 7.87. The summed E-state index contributed by atoms with van der Waals surface area (Å²) in [4.78, 5) is 12.6. The predicted octanol–water partition coefficient (Wildman–Crippen LogP) is -1.74. The minimum absolute atomic E-state index is 0.0378. The van der Waals surface area contributed by atoms with Crippen LogP contribution in [0.1, 0.15) is 6.42 Å². The Labute approximate surface area is 77.3 Å². The first-order chi connectivity index (χ1) is 5.88. The molecule has 0 bridgehead atoms. The first-order valence-electron chi connectivity index (χ1n) is 3.90. The van der Waals surface area contributed by atoms with Crippen molar-refractivity contribution in [2.45, 2.75) is 6.42 Å². The molecule has 0 saturated carbocycles. The van der Waals surface area contributed by atoms with E-state index in [0.29, 0.717) is 13.0 Å². The molecule has 0 aromatic heterocycles. The van der Waals surface area contributed by atoms with Crippen molar-refractivity contribution >= 4 is 16.1 Å². The van der Waals surface area contributed by atoms with Gasteiger partial charge in [-0.05, 0) is 5.92 Å². The van der Waals surface area contributed by atoms with Crippen molar-refractivity contribution in [1.29, 1.82) is 0 Å². The maximum absolute atomic E-state index is 11.0. The molecule has 6 nitrogen and oxygen atoms in total. The molecule has 3 N–H and O–H groups in total. The van der Waals surface area contributed by atoms with Crippen LogP contribution in [-0.4, -0.2) is 39.4 Å². The second-order valence-electron chi connectivity index (χ2n) is 3.24. The van der Waals surface area contributed by atoms with Crippen LogP contribution in [0.15, 0.2) is 0 Å². The Hall–Kier alpha value is -0.660. The van der Waals surface area contributed by atoms with E-state index in [-0.39, 0.29) is 18.4 Å². The number of hydrogen-bond acceptors (Lipinski definition) is 3. The molecule has 1 fully saturated rings. The van der Waals surface area contributed by atoms with E-state index in [9.17, 15) is 13.2 Å². The summed E-state index contributed by atoms with van der Waals surface area (Å²) in [5.41, 5.74) is 0. The van der Waals surface area contributed by atoms with Gasteiger partial charge in [-0.3, -0.25) is 4.79 Å². The first kappa shape index (κ1) is 10.4. The maximum atomic E-state index is 11.0. The van der Waals surface area contributed by atoms with Crippen LogP contribution >= 0.6 is 0 Å². The van der Waals surface area contributed by atoms with Gasteiger partial charge in [-0.25, -0.2) is 9.86 Å².